The summed E-state index contributed by atoms with van der Waals surface area (Å²) in [4.78, 5) is 19.3. The van der Waals surface area contributed by atoms with Gasteiger partial charge in [-0.15, -0.1) is 0 Å². The quantitative estimate of drug-likeness (QED) is 0.768. The van der Waals surface area contributed by atoms with Gasteiger partial charge in [-0.2, -0.15) is 11.8 Å². The highest BCUT2D eigenvalue weighted by atomic mass is 35.5. The van der Waals surface area contributed by atoms with Crippen molar-refractivity contribution >= 4 is 34.3 Å². The molecule has 0 fully saturated rings. The highest BCUT2D eigenvalue weighted by Crippen LogP contribution is 2.14. The van der Waals surface area contributed by atoms with E-state index in [1.807, 2.05) is 11.8 Å². The Morgan fingerprint density at radius 1 is 1.48 bits per heavy atom. The Labute approximate surface area is 133 Å². The van der Waals surface area contributed by atoms with Crippen LogP contribution < -0.4 is 10.9 Å². The summed E-state index contributed by atoms with van der Waals surface area (Å²) < 4.78 is 0. The second-order valence-corrected chi connectivity index (χ2v) is 6.77. The lowest BCUT2D eigenvalue weighted by Gasteiger charge is -2.13. The lowest BCUT2D eigenvalue weighted by molar-refractivity contribution is 0.526. The van der Waals surface area contributed by atoms with Crippen molar-refractivity contribution in [1.29, 1.82) is 0 Å². The number of benzene rings is 1. The van der Waals surface area contributed by atoms with E-state index >= 15 is 0 Å². The number of nitrogens with zero attached hydrogens (tertiary/aromatic N) is 1. The zero-order chi connectivity index (χ0) is 15.2. The summed E-state index contributed by atoms with van der Waals surface area (Å²) >= 11 is 7.89. The third-order valence-corrected chi connectivity index (χ3v) is 4.40. The van der Waals surface area contributed by atoms with Gasteiger partial charge < -0.3 is 10.3 Å². The highest BCUT2D eigenvalue weighted by Gasteiger charge is 2.06. The molecule has 6 heteroatoms. The zero-order valence-corrected chi connectivity index (χ0v) is 13.9. The number of aromatic amines is 1. The van der Waals surface area contributed by atoms with E-state index in [1.165, 1.54) is 0 Å². The summed E-state index contributed by atoms with van der Waals surface area (Å²) in [6, 6.07) is 5.51. The summed E-state index contributed by atoms with van der Waals surface area (Å²) in [5.41, 5.74) is 0.514. The lowest BCUT2D eigenvalue weighted by Crippen LogP contribution is -2.28. The first-order valence-corrected chi connectivity index (χ1v) is 8.63. The van der Waals surface area contributed by atoms with Crippen molar-refractivity contribution in [3.05, 3.63) is 39.4 Å². The monoisotopic (exact) mass is 325 g/mol. The van der Waals surface area contributed by atoms with E-state index in [1.54, 1.807) is 18.2 Å². The van der Waals surface area contributed by atoms with Gasteiger partial charge in [0.2, 0.25) is 0 Å². The minimum Gasteiger partial charge on any atom is -0.309 e. The standard InChI is InChI=1S/C15H20ClN3OS/c1-3-21-7-6-10(2)17-9-14-18-13-8-11(16)4-5-12(13)15(20)19-14/h4-5,8,10,17H,3,6-7,9H2,1-2H3,(H,18,19,20). The average molecular weight is 326 g/mol. The lowest BCUT2D eigenvalue weighted by atomic mass is 10.2. The van der Waals surface area contributed by atoms with Gasteiger partial charge in [0.25, 0.3) is 5.56 Å². The van der Waals surface area contributed by atoms with Crippen molar-refractivity contribution in [3.8, 4) is 0 Å². The third-order valence-electron chi connectivity index (χ3n) is 3.23. The van der Waals surface area contributed by atoms with Crippen LogP contribution in [0.2, 0.25) is 5.02 Å². The second kappa shape index (κ2) is 7.82. The number of hydrogen-bond acceptors (Lipinski definition) is 4. The van der Waals surface area contributed by atoms with Crippen LogP contribution in [0, 0.1) is 0 Å². The molecule has 1 aromatic carbocycles. The van der Waals surface area contributed by atoms with E-state index in [-0.39, 0.29) is 5.56 Å². The van der Waals surface area contributed by atoms with Crippen LogP contribution >= 0.6 is 23.4 Å². The predicted octanol–water partition coefficient (Wildman–Crippen LogP) is 3.20. The van der Waals surface area contributed by atoms with Gasteiger partial charge >= 0.3 is 0 Å². The van der Waals surface area contributed by atoms with Crippen LogP contribution in [-0.4, -0.2) is 27.5 Å². The molecule has 4 nitrogen and oxygen atoms in total. The van der Waals surface area contributed by atoms with Crippen LogP contribution in [0.4, 0.5) is 0 Å². The Balaban J connectivity index is 2.04. The van der Waals surface area contributed by atoms with Gasteiger partial charge in [-0.3, -0.25) is 4.79 Å². The van der Waals surface area contributed by atoms with Gasteiger partial charge in [0, 0.05) is 11.1 Å². The number of nitrogens with one attached hydrogen (secondary N) is 2. The minimum absolute atomic E-state index is 0.123. The summed E-state index contributed by atoms with van der Waals surface area (Å²) in [6.07, 6.45) is 1.10. The van der Waals surface area contributed by atoms with E-state index in [2.05, 4.69) is 29.1 Å². The smallest absolute Gasteiger partial charge is 0.258 e. The van der Waals surface area contributed by atoms with Gasteiger partial charge in [-0.25, -0.2) is 4.98 Å². The number of fused-ring (bicyclic) bond motifs is 1. The van der Waals surface area contributed by atoms with Gasteiger partial charge in [-0.05, 0) is 43.0 Å². The van der Waals surface area contributed by atoms with E-state index in [0.717, 1.165) is 17.9 Å². The molecule has 1 atom stereocenters. The SMILES string of the molecule is CCSCCC(C)NCc1nc2cc(Cl)ccc2c(=O)[nH]1. The fourth-order valence-electron chi connectivity index (χ4n) is 2.02. The van der Waals surface area contributed by atoms with Crippen LogP contribution in [0.15, 0.2) is 23.0 Å². The molecule has 0 aliphatic heterocycles. The summed E-state index contributed by atoms with van der Waals surface area (Å²) in [6.45, 7) is 4.86. The van der Waals surface area contributed by atoms with Crippen LogP contribution in [-0.2, 0) is 6.54 Å². The molecule has 0 aliphatic rings. The van der Waals surface area contributed by atoms with Crippen LogP contribution in [0.25, 0.3) is 10.9 Å². The van der Waals surface area contributed by atoms with Crippen molar-refractivity contribution in [2.75, 3.05) is 11.5 Å². The molecule has 0 radical (unpaired) electrons. The zero-order valence-electron chi connectivity index (χ0n) is 12.3. The fourth-order valence-corrected chi connectivity index (χ4v) is 3.00. The Morgan fingerprint density at radius 3 is 3.05 bits per heavy atom. The molecular formula is C15H20ClN3OS. The number of thioether (sulfide) groups is 1. The number of rotatable bonds is 7. The minimum atomic E-state index is -0.123. The van der Waals surface area contributed by atoms with E-state index in [0.29, 0.717) is 34.3 Å². The van der Waals surface area contributed by atoms with Crippen molar-refractivity contribution in [1.82, 2.24) is 15.3 Å². The van der Waals surface area contributed by atoms with Crippen LogP contribution in [0.3, 0.4) is 0 Å². The molecule has 21 heavy (non-hydrogen) atoms. The first kappa shape index (κ1) is 16.3. The van der Waals surface area contributed by atoms with Crippen molar-refractivity contribution in [2.45, 2.75) is 32.9 Å². The molecule has 0 bridgehead atoms. The molecule has 0 spiro atoms. The first-order valence-electron chi connectivity index (χ1n) is 7.09. The maximum absolute atomic E-state index is 12.0. The molecule has 114 valence electrons. The molecule has 2 aromatic rings. The Hall–Kier alpha value is -1.04. The highest BCUT2D eigenvalue weighted by molar-refractivity contribution is 7.99. The Kier molecular flexibility index (Phi) is 6.08. The molecule has 0 amide bonds. The summed E-state index contributed by atoms with van der Waals surface area (Å²) in [5.74, 6) is 2.93. The van der Waals surface area contributed by atoms with E-state index < -0.39 is 0 Å². The molecular weight excluding hydrogens is 306 g/mol. The topological polar surface area (TPSA) is 57.8 Å². The van der Waals surface area contributed by atoms with Gasteiger partial charge in [0.05, 0.1) is 17.4 Å². The summed E-state index contributed by atoms with van der Waals surface area (Å²) in [7, 11) is 0. The number of aromatic nitrogens is 2. The average Bonchev–Trinajstić information content (AvgIpc) is 2.45. The first-order chi connectivity index (χ1) is 10.1. The number of H-pyrrole nitrogens is 1. The number of halogens is 1. The maximum atomic E-state index is 12.0. The molecule has 0 aliphatic carbocycles. The maximum Gasteiger partial charge on any atom is 0.258 e. The normalized spacial score (nSPS) is 12.7. The van der Waals surface area contributed by atoms with Crippen LogP contribution in [0.5, 0.6) is 0 Å². The number of hydrogen-bond donors (Lipinski definition) is 2. The third kappa shape index (κ3) is 4.73. The Morgan fingerprint density at radius 2 is 2.29 bits per heavy atom. The van der Waals surface area contributed by atoms with Crippen molar-refractivity contribution in [3.63, 3.8) is 0 Å². The fraction of sp³-hybridized carbons (Fsp3) is 0.467. The molecule has 2 rings (SSSR count). The largest absolute Gasteiger partial charge is 0.309 e. The Bertz CT molecular complexity index is 659. The van der Waals surface area contributed by atoms with Gasteiger partial charge in [0.1, 0.15) is 5.82 Å². The molecule has 1 unspecified atom stereocenters. The van der Waals surface area contributed by atoms with E-state index in [4.69, 9.17) is 11.6 Å². The molecule has 2 N–H and O–H groups in total. The van der Waals surface area contributed by atoms with Crippen molar-refractivity contribution in [2.24, 2.45) is 0 Å². The molecule has 0 saturated heterocycles. The van der Waals surface area contributed by atoms with Crippen LogP contribution in [0.1, 0.15) is 26.1 Å². The molecule has 0 saturated carbocycles. The van der Waals surface area contributed by atoms with Gasteiger partial charge in [-0.1, -0.05) is 18.5 Å². The predicted molar refractivity (Wildman–Crippen MR) is 91.3 cm³/mol. The van der Waals surface area contributed by atoms with Crippen molar-refractivity contribution < 1.29 is 0 Å². The van der Waals surface area contributed by atoms with Gasteiger partial charge in [0.15, 0.2) is 0 Å². The second-order valence-electron chi connectivity index (χ2n) is 4.94. The molecule has 1 aromatic heterocycles. The summed E-state index contributed by atoms with van der Waals surface area (Å²) in [5, 5.41) is 4.54. The molecule has 1 heterocycles. The van der Waals surface area contributed by atoms with E-state index in [9.17, 15) is 4.79 Å².